The van der Waals surface area contributed by atoms with Crippen molar-refractivity contribution < 1.29 is 9.84 Å². The molecule has 0 aliphatic carbocycles. The normalized spacial score (nSPS) is 42.5. The lowest BCUT2D eigenvalue weighted by molar-refractivity contribution is -0.0228. The number of likely N-dealkylation sites (tertiary alicyclic amines) is 1. The predicted molar refractivity (Wildman–Crippen MR) is 44.0 cm³/mol. The molecule has 66 valence electrons. The number of aliphatic hydroxyl groups excluding tert-OH is 1. The summed E-state index contributed by atoms with van der Waals surface area (Å²) in [4.78, 5) is 2.23. The van der Waals surface area contributed by atoms with Gasteiger partial charge in [-0.25, -0.2) is 0 Å². The number of hydrogen-bond acceptors (Lipinski definition) is 3. The summed E-state index contributed by atoms with van der Waals surface area (Å²) >= 11 is 0. The Bertz CT molecular complexity index is 142. The molecule has 2 aliphatic rings. The van der Waals surface area contributed by atoms with Crippen molar-refractivity contribution in [1.82, 2.24) is 4.90 Å². The van der Waals surface area contributed by atoms with Crippen LogP contribution in [0.1, 0.15) is 6.42 Å². The Balaban J connectivity index is 0.000000605. The second-order valence-electron chi connectivity index (χ2n) is 3.18. The van der Waals surface area contributed by atoms with Crippen LogP contribution in [-0.2, 0) is 4.74 Å². The minimum Gasteiger partial charge on any atom is -0.395 e. The molecule has 3 unspecified atom stereocenters. The van der Waals surface area contributed by atoms with E-state index in [-0.39, 0.29) is 25.1 Å². The first kappa shape index (κ1) is 9.26. The average Bonchev–Trinajstić information content (AvgIpc) is 2.46. The molecule has 3 atom stereocenters. The lowest BCUT2D eigenvalue weighted by Crippen LogP contribution is -2.44. The van der Waals surface area contributed by atoms with E-state index < -0.39 is 0 Å². The lowest BCUT2D eigenvalue weighted by atomic mass is 10.2. The number of ether oxygens (including phenoxy) is 1. The average molecular weight is 180 g/mol. The highest BCUT2D eigenvalue weighted by molar-refractivity contribution is 5.85. The van der Waals surface area contributed by atoms with Gasteiger partial charge in [0, 0.05) is 6.04 Å². The van der Waals surface area contributed by atoms with Crippen molar-refractivity contribution in [3.63, 3.8) is 0 Å². The molecule has 0 aromatic heterocycles. The zero-order valence-electron chi connectivity index (χ0n) is 6.56. The second-order valence-corrected chi connectivity index (χ2v) is 3.18. The molecule has 0 aromatic rings. The number of nitrogens with zero attached hydrogens (tertiary/aromatic N) is 1. The third-order valence-electron chi connectivity index (χ3n) is 2.72. The van der Waals surface area contributed by atoms with Gasteiger partial charge in [-0.3, -0.25) is 4.90 Å². The highest BCUT2D eigenvalue weighted by atomic mass is 35.5. The van der Waals surface area contributed by atoms with Crippen molar-refractivity contribution in [3.8, 4) is 0 Å². The maximum Gasteiger partial charge on any atom is 0.0769 e. The molecule has 0 saturated carbocycles. The quantitative estimate of drug-likeness (QED) is 0.609. The summed E-state index contributed by atoms with van der Waals surface area (Å²) in [5.74, 6) is 0. The molecule has 0 radical (unpaired) electrons. The van der Waals surface area contributed by atoms with Gasteiger partial charge in [0.25, 0.3) is 0 Å². The highest BCUT2D eigenvalue weighted by Gasteiger charge is 2.44. The second kappa shape index (κ2) is 3.27. The molecular weight excluding hydrogens is 166 g/mol. The number of likely N-dealkylation sites (N-methyl/N-ethyl adjacent to an activating group) is 1. The third-order valence-corrected chi connectivity index (χ3v) is 2.72. The van der Waals surface area contributed by atoms with Crippen molar-refractivity contribution in [2.45, 2.75) is 24.6 Å². The molecule has 2 heterocycles. The Kier molecular flexibility index (Phi) is 2.75. The van der Waals surface area contributed by atoms with Gasteiger partial charge >= 0.3 is 0 Å². The standard InChI is InChI=1S/C7H13NO2.ClH/c1-8-5-2-7(10-4-5)6(8)3-9;/h5-7,9H,2-4H2,1H3;1H. The summed E-state index contributed by atoms with van der Waals surface area (Å²) in [7, 11) is 2.06. The van der Waals surface area contributed by atoms with Crippen LogP contribution in [0.4, 0.5) is 0 Å². The molecule has 11 heavy (non-hydrogen) atoms. The predicted octanol–water partition coefficient (Wildman–Crippen LogP) is -0.128. The minimum absolute atomic E-state index is 0. The summed E-state index contributed by atoms with van der Waals surface area (Å²) in [6.45, 7) is 1.09. The van der Waals surface area contributed by atoms with Crippen LogP contribution in [0, 0.1) is 0 Å². The first-order chi connectivity index (χ1) is 4.83. The minimum atomic E-state index is 0. The van der Waals surface area contributed by atoms with E-state index in [9.17, 15) is 0 Å². The van der Waals surface area contributed by atoms with Gasteiger partial charge in [-0.15, -0.1) is 12.4 Å². The van der Waals surface area contributed by atoms with E-state index in [0.29, 0.717) is 12.1 Å². The van der Waals surface area contributed by atoms with Gasteiger partial charge in [-0.2, -0.15) is 0 Å². The fourth-order valence-corrected chi connectivity index (χ4v) is 1.97. The van der Waals surface area contributed by atoms with Gasteiger partial charge in [0.05, 0.1) is 25.4 Å². The van der Waals surface area contributed by atoms with E-state index in [1.165, 1.54) is 0 Å². The van der Waals surface area contributed by atoms with Crippen LogP contribution in [0.25, 0.3) is 0 Å². The van der Waals surface area contributed by atoms with Crippen LogP contribution >= 0.6 is 12.4 Å². The highest BCUT2D eigenvalue weighted by Crippen LogP contribution is 2.31. The van der Waals surface area contributed by atoms with Gasteiger partial charge in [0.1, 0.15) is 0 Å². The van der Waals surface area contributed by atoms with Gasteiger partial charge in [-0.05, 0) is 13.5 Å². The van der Waals surface area contributed by atoms with E-state index in [1.807, 2.05) is 0 Å². The molecule has 2 rings (SSSR count). The Morgan fingerprint density at radius 2 is 2.36 bits per heavy atom. The van der Waals surface area contributed by atoms with Gasteiger partial charge in [-0.1, -0.05) is 0 Å². The fraction of sp³-hybridized carbons (Fsp3) is 1.00. The first-order valence-electron chi connectivity index (χ1n) is 3.77. The molecule has 3 nitrogen and oxygen atoms in total. The summed E-state index contributed by atoms with van der Waals surface area (Å²) in [5.41, 5.74) is 0. The summed E-state index contributed by atoms with van der Waals surface area (Å²) in [6, 6.07) is 0.834. The Hall–Kier alpha value is 0.170. The Morgan fingerprint density at radius 3 is 2.73 bits per heavy atom. The van der Waals surface area contributed by atoms with Crippen LogP contribution in [-0.4, -0.2) is 48.5 Å². The van der Waals surface area contributed by atoms with E-state index in [0.717, 1.165) is 13.0 Å². The SMILES string of the molecule is CN1C2COC(C2)C1CO.Cl. The Morgan fingerprint density at radius 1 is 1.64 bits per heavy atom. The van der Waals surface area contributed by atoms with E-state index >= 15 is 0 Å². The van der Waals surface area contributed by atoms with Crippen LogP contribution in [0.2, 0.25) is 0 Å². The first-order valence-corrected chi connectivity index (χ1v) is 3.77. The van der Waals surface area contributed by atoms with Gasteiger partial charge < -0.3 is 9.84 Å². The summed E-state index contributed by atoms with van der Waals surface area (Å²) in [5, 5.41) is 8.94. The number of hydrogen-bond donors (Lipinski definition) is 1. The number of fused-ring (bicyclic) bond motifs is 2. The monoisotopic (exact) mass is 179 g/mol. The molecule has 2 aliphatic heterocycles. The Labute approximate surface area is 72.7 Å². The number of halogens is 1. The molecular formula is C7H14ClNO2. The van der Waals surface area contributed by atoms with Crippen LogP contribution in [0.15, 0.2) is 0 Å². The summed E-state index contributed by atoms with van der Waals surface area (Å²) < 4.78 is 5.42. The van der Waals surface area contributed by atoms with Crippen molar-refractivity contribution in [3.05, 3.63) is 0 Å². The summed E-state index contributed by atoms with van der Waals surface area (Å²) in [6.07, 6.45) is 1.42. The van der Waals surface area contributed by atoms with Crippen LogP contribution in [0.3, 0.4) is 0 Å². The molecule has 2 bridgehead atoms. The topological polar surface area (TPSA) is 32.7 Å². The molecule has 0 aromatic carbocycles. The lowest BCUT2D eigenvalue weighted by Gasteiger charge is -2.30. The number of morpholine rings is 1. The number of aliphatic hydroxyl groups is 1. The smallest absolute Gasteiger partial charge is 0.0769 e. The van der Waals surface area contributed by atoms with Crippen LogP contribution in [0.5, 0.6) is 0 Å². The third kappa shape index (κ3) is 1.26. The van der Waals surface area contributed by atoms with E-state index in [2.05, 4.69) is 11.9 Å². The van der Waals surface area contributed by atoms with Crippen LogP contribution < -0.4 is 0 Å². The van der Waals surface area contributed by atoms with E-state index in [1.54, 1.807) is 0 Å². The molecule has 2 fully saturated rings. The molecule has 1 N–H and O–H groups in total. The van der Waals surface area contributed by atoms with Crippen molar-refractivity contribution in [1.29, 1.82) is 0 Å². The van der Waals surface area contributed by atoms with Crippen molar-refractivity contribution in [2.24, 2.45) is 0 Å². The molecule has 4 heteroatoms. The maximum absolute atomic E-state index is 8.94. The molecule has 2 saturated heterocycles. The maximum atomic E-state index is 8.94. The zero-order valence-corrected chi connectivity index (χ0v) is 7.38. The molecule has 0 spiro atoms. The fourth-order valence-electron chi connectivity index (χ4n) is 1.97. The molecule has 0 amide bonds. The van der Waals surface area contributed by atoms with Gasteiger partial charge in [0.2, 0.25) is 0 Å². The number of rotatable bonds is 1. The van der Waals surface area contributed by atoms with Crippen molar-refractivity contribution in [2.75, 3.05) is 20.3 Å². The zero-order chi connectivity index (χ0) is 7.14. The van der Waals surface area contributed by atoms with Gasteiger partial charge in [0.15, 0.2) is 0 Å². The van der Waals surface area contributed by atoms with Crippen molar-refractivity contribution >= 4 is 12.4 Å². The largest absolute Gasteiger partial charge is 0.395 e. The van der Waals surface area contributed by atoms with E-state index in [4.69, 9.17) is 9.84 Å².